The largest absolute Gasteiger partial charge is 0.497 e. The van der Waals surface area contributed by atoms with Gasteiger partial charge in [0.05, 0.1) is 35.5 Å². The van der Waals surface area contributed by atoms with E-state index < -0.39 is 15.8 Å². The first-order chi connectivity index (χ1) is 17.2. The molecule has 0 bridgehead atoms. The number of ether oxygens (including phenoxy) is 1. The lowest BCUT2D eigenvalue weighted by Gasteiger charge is -2.16. The van der Waals surface area contributed by atoms with Crippen LogP contribution >= 0.6 is 11.3 Å². The lowest BCUT2D eigenvalue weighted by atomic mass is 9.96. The van der Waals surface area contributed by atoms with E-state index in [0.717, 1.165) is 6.26 Å². The molecule has 1 aliphatic carbocycles. The van der Waals surface area contributed by atoms with Crippen LogP contribution in [0.1, 0.15) is 18.0 Å². The Kier molecular flexibility index (Phi) is 6.14. The molecule has 184 valence electrons. The molecule has 0 N–H and O–H groups in total. The number of halogens is 1. The fourth-order valence-corrected chi connectivity index (χ4v) is 5.31. The van der Waals surface area contributed by atoms with Crippen LogP contribution in [0.2, 0.25) is 0 Å². The standard InChI is InChI=1S/C24H20FN5O4S2/c1-34-16-6-7-18(19(25)13-16)20-14-35-24(27-20)30-21(8-10-26-30)23-22(31)9-11-29(28-23)15-4-3-5-17(12-15)36(2,32)33/h3-6,8-14,18H,7H2,1-2H3. The van der Waals surface area contributed by atoms with Gasteiger partial charge in [0.2, 0.25) is 10.6 Å². The maximum absolute atomic E-state index is 14.6. The lowest BCUT2D eigenvalue weighted by molar-refractivity contribution is 0.298. The molecule has 0 saturated carbocycles. The van der Waals surface area contributed by atoms with Gasteiger partial charge in [-0.2, -0.15) is 10.2 Å². The van der Waals surface area contributed by atoms with E-state index in [1.54, 1.807) is 29.7 Å². The average Bonchev–Trinajstić information content (AvgIpc) is 3.53. The van der Waals surface area contributed by atoms with Gasteiger partial charge in [0, 0.05) is 30.0 Å². The fraction of sp³-hybridized carbons (Fsp3) is 0.167. The molecule has 1 aliphatic rings. The molecular weight excluding hydrogens is 505 g/mol. The monoisotopic (exact) mass is 525 g/mol. The van der Waals surface area contributed by atoms with Crippen molar-refractivity contribution in [1.82, 2.24) is 24.5 Å². The van der Waals surface area contributed by atoms with E-state index in [9.17, 15) is 17.6 Å². The van der Waals surface area contributed by atoms with E-state index in [4.69, 9.17) is 4.74 Å². The number of nitrogens with zero attached hydrogens (tertiary/aromatic N) is 5. The molecule has 1 unspecified atom stereocenters. The van der Waals surface area contributed by atoms with E-state index >= 15 is 0 Å². The van der Waals surface area contributed by atoms with Gasteiger partial charge in [0.15, 0.2) is 15.5 Å². The van der Waals surface area contributed by atoms with Crippen molar-refractivity contribution in [3.05, 3.63) is 93.8 Å². The molecule has 0 aliphatic heterocycles. The van der Waals surface area contributed by atoms with Crippen molar-refractivity contribution in [2.75, 3.05) is 13.4 Å². The third-order valence-electron chi connectivity index (χ3n) is 5.66. The molecule has 5 rings (SSSR count). The molecule has 0 radical (unpaired) electrons. The van der Waals surface area contributed by atoms with Crippen LogP contribution < -0.4 is 5.43 Å². The topological polar surface area (TPSA) is 109 Å². The first-order valence-electron chi connectivity index (χ1n) is 10.8. The highest BCUT2D eigenvalue weighted by Crippen LogP contribution is 2.35. The number of sulfone groups is 1. The number of aromatic nitrogens is 5. The van der Waals surface area contributed by atoms with E-state index in [2.05, 4.69) is 15.2 Å². The Bertz CT molecular complexity index is 1680. The van der Waals surface area contributed by atoms with Gasteiger partial charge in [0.1, 0.15) is 17.3 Å². The van der Waals surface area contributed by atoms with Gasteiger partial charge in [-0.15, -0.1) is 11.3 Å². The number of benzene rings is 1. The van der Waals surface area contributed by atoms with Crippen LogP contribution in [0, 0.1) is 0 Å². The minimum absolute atomic E-state index is 0.105. The van der Waals surface area contributed by atoms with Gasteiger partial charge in [-0.3, -0.25) is 4.79 Å². The quantitative estimate of drug-likeness (QED) is 0.377. The first kappa shape index (κ1) is 23.8. The maximum atomic E-state index is 14.6. The van der Waals surface area contributed by atoms with Crippen molar-refractivity contribution in [1.29, 1.82) is 0 Å². The van der Waals surface area contributed by atoms with Crippen molar-refractivity contribution >= 4 is 21.2 Å². The van der Waals surface area contributed by atoms with E-state index in [1.165, 1.54) is 64.5 Å². The number of thiazole rings is 1. The van der Waals surface area contributed by atoms with Crippen LogP contribution in [-0.4, -0.2) is 46.3 Å². The Balaban J connectivity index is 1.51. The smallest absolute Gasteiger partial charge is 0.211 e. The molecular formula is C24H20FN5O4S2. The number of hydrogen-bond donors (Lipinski definition) is 0. The zero-order valence-corrected chi connectivity index (χ0v) is 20.8. The minimum Gasteiger partial charge on any atom is -0.497 e. The van der Waals surface area contributed by atoms with Gasteiger partial charge in [0.25, 0.3) is 0 Å². The number of methoxy groups -OCH3 is 1. The maximum Gasteiger partial charge on any atom is 0.211 e. The van der Waals surface area contributed by atoms with Crippen molar-refractivity contribution in [3.8, 4) is 22.2 Å². The highest BCUT2D eigenvalue weighted by Gasteiger charge is 2.24. The molecule has 0 saturated heterocycles. The van der Waals surface area contributed by atoms with E-state index in [1.807, 2.05) is 0 Å². The van der Waals surface area contributed by atoms with Crippen LogP contribution in [0.15, 0.2) is 87.6 Å². The van der Waals surface area contributed by atoms with Crippen LogP contribution in [0.3, 0.4) is 0 Å². The third kappa shape index (κ3) is 4.52. The molecule has 1 atom stereocenters. The lowest BCUT2D eigenvalue weighted by Crippen LogP contribution is -2.15. The third-order valence-corrected chi connectivity index (χ3v) is 7.60. The molecule has 3 heterocycles. The summed E-state index contributed by atoms with van der Waals surface area (Å²) in [6, 6.07) is 9.26. The van der Waals surface area contributed by atoms with Crippen molar-refractivity contribution in [2.45, 2.75) is 17.2 Å². The molecule has 9 nitrogen and oxygen atoms in total. The van der Waals surface area contributed by atoms with Gasteiger partial charge >= 0.3 is 0 Å². The van der Waals surface area contributed by atoms with Crippen molar-refractivity contribution < 1.29 is 17.5 Å². The predicted molar refractivity (Wildman–Crippen MR) is 133 cm³/mol. The van der Waals surface area contributed by atoms with Crippen molar-refractivity contribution in [2.24, 2.45) is 0 Å². The van der Waals surface area contributed by atoms with Gasteiger partial charge in [-0.1, -0.05) is 6.07 Å². The molecule has 0 fully saturated rings. The Morgan fingerprint density at radius 2 is 2.06 bits per heavy atom. The summed E-state index contributed by atoms with van der Waals surface area (Å²) in [6.45, 7) is 0. The summed E-state index contributed by atoms with van der Waals surface area (Å²) >= 11 is 1.27. The predicted octanol–water partition coefficient (Wildman–Crippen LogP) is 3.82. The minimum atomic E-state index is -3.42. The molecule has 4 aromatic rings. The molecule has 1 aromatic carbocycles. The summed E-state index contributed by atoms with van der Waals surface area (Å²) in [5.41, 5.74) is 1.18. The van der Waals surface area contributed by atoms with Gasteiger partial charge in [-0.25, -0.2) is 27.2 Å². The summed E-state index contributed by atoms with van der Waals surface area (Å²) in [5, 5.41) is 11.0. The van der Waals surface area contributed by atoms with Crippen LogP contribution in [0.5, 0.6) is 0 Å². The van der Waals surface area contributed by atoms with E-state index in [-0.39, 0.29) is 21.8 Å². The second kappa shape index (κ2) is 9.28. The normalized spacial score (nSPS) is 15.9. The van der Waals surface area contributed by atoms with Gasteiger partial charge < -0.3 is 4.74 Å². The SMILES string of the molecule is COC1=CCC(c2csc(-n3nccc3-c3nn(-c4cccc(S(C)(=O)=O)c4)ccc3=O)n2)C(F)=C1. The summed E-state index contributed by atoms with van der Waals surface area (Å²) < 4.78 is 46.5. The zero-order chi connectivity index (χ0) is 25.4. The summed E-state index contributed by atoms with van der Waals surface area (Å²) in [7, 11) is -1.93. The summed E-state index contributed by atoms with van der Waals surface area (Å²) in [4.78, 5) is 17.5. The summed E-state index contributed by atoms with van der Waals surface area (Å²) in [5.74, 6) is -0.389. The second-order valence-electron chi connectivity index (χ2n) is 8.05. The Labute approximate surface area is 209 Å². The number of rotatable bonds is 6. The average molecular weight is 526 g/mol. The van der Waals surface area contributed by atoms with Crippen LogP contribution in [0.4, 0.5) is 4.39 Å². The Morgan fingerprint density at radius 1 is 1.22 bits per heavy atom. The molecule has 3 aromatic heterocycles. The number of allylic oxidation sites excluding steroid dienone is 3. The van der Waals surface area contributed by atoms with Crippen LogP contribution in [-0.2, 0) is 14.6 Å². The molecule has 12 heteroatoms. The number of hydrogen-bond acceptors (Lipinski definition) is 8. The van der Waals surface area contributed by atoms with Crippen LogP contribution in [0.25, 0.3) is 22.2 Å². The van der Waals surface area contributed by atoms with Gasteiger partial charge in [-0.05, 0) is 36.8 Å². The molecule has 0 amide bonds. The molecule has 36 heavy (non-hydrogen) atoms. The fourth-order valence-electron chi connectivity index (χ4n) is 3.80. The Hall–Kier alpha value is -3.90. The molecule has 0 spiro atoms. The van der Waals surface area contributed by atoms with Crippen molar-refractivity contribution in [3.63, 3.8) is 0 Å². The first-order valence-corrected chi connectivity index (χ1v) is 13.5. The Morgan fingerprint density at radius 3 is 2.81 bits per heavy atom. The highest BCUT2D eigenvalue weighted by atomic mass is 32.2. The second-order valence-corrected chi connectivity index (χ2v) is 10.9. The summed E-state index contributed by atoms with van der Waals surface area (Å²) in [6.07, 6.45) is 7.68. The van der Waals surface area contributed by atoms with E-state index in [0.29, 0.717) is 34.4 Å². The highest BCUT2D eigenvalue weighted by molar-refractivity contribution is 7.90. The zero-order valence-electron chi connectivity index (χ0n) is 19.2.